The molecule has 0 unspecified atom stereocenters. The van der Waals surface area contributed by atoms with Crippen molar-refractivity contribution >= 4 is 32.8 Å². The van der Waals surface area contributed by atoms with E-state index >= 15 is 0 Å². The van der Waals surface area contributed by atoms with E-state index in [1.165, 1.54) is 0 Å². The van der Waals surface area contributed by atoms with Gasteiger partial charge in [0, 0.05) is 38.8 Å². The number of sulfonamides is 1. The fourth-order valence-corrected chi connectivity index (χ4v) is 5.94. The van der Waals surface area contributed by atoms with E-state index in [2.05, 4.69) is 13.6 Å². The lowest BCUT2D eigenvalue weighted by atomic mass is 10.3. The molecule has 11 heteroatoms. The molecule has 0 bridgehead atoms. The summed E-state index contributed by atoms with van der Waals surface area (Å²) in [5, 5.41) is 0. The number of ether oxygens (including phenoxy) is 3. The number of hydrogen-bond donors (Lipinski definition) is 0. The van der Waals surface area contributed by atoms with E-state index in [0.29, 0.717) is 49.6 Å². The summed E-state index contributed by atoms with van der Waals surface area (Å²) in [4.78, 5) is 2.50. The van der Waals surface area contributed by atoms with E-state index in [1.54, 1.807) is 22.5 Å². The van der Waals surface area contributed by atoms with E-state index < -0.39 is 10.0 Å². The molecule has 0 spiro atoms. The van der Waals surface area contributed by atoms with E-state index in [0.717, 1.165) is 36.2 Å². The van der Waals surface area contributed by atoms with Crippen molar-refractivity contribution in [2.45, 2.75) is 11.3 Å². The molecule has 2 aromatic carbocycles. The van der Waals surface area contributed by atoms with Gasteiger partial charge >= 0.3 is 0 Å². The Balaban J connectivity index is 1.11. The van der Waals surface area contributed by atoms with Crippen LogP contribution < -0.4 is 14.2 Å². The fraction of sp³-hybridized carbons (Fsp3) is 0.400. The van der Waals surface area contributed by atoms with Gasteiger partial charge in [-0.15, -0.1) is 0 Å². The van der Waals surface area contributed by atoms with Gasteiger partial charge < -0.3 is 19.1 Å². The highest BCUT2D eigenvalue weighted by Crippen LogP contribution is 2.35. The van der Waals surface area contributed by atoms with Crippen LogP contribution in [-0.2, 0) is 10.0 Å². The molecule has 5 rings (SSSR count). The average molecular weight is 463 g/mol. The van der Waals surface area contributed by atoms with Gasteiger partial charge in [-0.25, -0.2) is 8.42 Å². The summed E-state index contributed by atoms with van der Waals surface area (Å²) in [6, 6.07) is 10.7. The normalized spacial score (nSPS) is 17.3. The molecule has 164 valence electrons. The van der Waals surface area contributed by atoms with Crippen LogP contribution in [0, 0.1) is 0 Å². The van der Waals surface area contributed by atoms with Gasteiger partial charge in [0.2, 0.25) is 16.8 Å². The van der Waals surface area contributed by atoms with Gasteiger partial charge in [0.15, 0.2) is 11.5 Å². The largest absolute Gasteiger partial charge is 0.493 e. The molecule has 9 nitrogen and oxygen atoms in total. The highest BCUT2D eigenvalue weighted by molar-refractivity contribution is 7.89. The van der Waals surface area contributed by atoms with E-state index in [1.807, 2.05) is 18.2 Å². The van der Waals surface area contributed by atoms with Crippen molar-refractivity contribution in [3.05, 3.63) is 36.4 Å². The van der Waals surface area contributed by atoms with Crippen LogP contribution in [0.15, 0.2) is 41.3 Å². The Bertz CT molecular complexity index is 1180. The zero-order valence-corrected chi connectivity index (χ0v) is 18.4. The maximum Gasteiger partial charge on any atom is 0.245 e. The number of rotatable bonds is 7. The molecule has 2 aliphatic heterocycles. The molecule has 0 atom stereocenters. The standard InChI is InChI=1S/C20H22N4O5S2/c25-31(26,19-4-1-3-16-20(19)22-30-21-16)24-10-8-23(9-11-24)7-2-12-27-15-5-6-17-18(13-15)29-14-28-17/h1,3-6,13H,2,7-12,14H2. The minimum atomic E-state index is -3.58. The van der Waals surface area contributed by atoms with E-state index in [9.17, 15) is 8.42 Å². The van der Waals surface area contributed by atoms with Crippen LogP contribution in [0.2, 0.25) is 0 Å². The number of aromatic nitrogens is 2. The third-order valence-corrected chi connectivity index (χ3v) is 7.90. The quantitative estimate of drug-likeness (QED) is 0.493. The van der Waals surface area contributed by atoms with Crippen LogP contribution in [0.1, 0.15) is 6.42 Å². The van der Waals surface area contributed by atoms with Crippen molar-refractivity contribution in [2.24, 2.45) is 0 Å². The van der Waals surface area contributed by atoms with Gasteiger partial charge in [0.1, 0.15) is 21.7 Å². The second-order valence-electron chi connectivity index (χ2n) is 7.35. The molecule has 1 saturated heterocycles. The SMILES string of the molecule is O=S(=O)(c1cccc2nsnc12)N1CCN(CCCOc2ccc3c(c2)OCO3)CC1. The van der Waals surface area contributed by atoms with Crippen molar-refractivity contribution in [3.8, 4) is 17.2 Å². The molecule has 0 aliphatic carbocycles. The fourth-order valence-electron chi connectivity index (χ4n) is 3.77. The minimum Gasteiger partial charge on any atom is -0.493 e. The molecule has 1 aromatic heterocycles. The molecular formula is C20H22N4O5S2. The number of hydrogen-bond acceptors (Lipinski definition) is 9. The lowest BCUT2D eigenvalue weighted by Crippen LogP contribution is -2.48. The van der Waals surface area contributed by atoms with Gasteiger partial charge in [0.25, 0.3) is 0 Å². The van der Waals surface area contributed by atoms with Crippen molar-refractivity contribution < 1.29 is 22.6 Å². The first-order chi connectivity index (χ1) is 15.1. The summed E-state index contributed by atoms with van der Waals surface area (Å²) in [6.07, 6.45) is 0.852. The molecule has 3 heterocycles. The second kappa shape index (κ2) is 8.58. The summed E-state index contributed by atoms with van der Waals surface area (Å²) in [6.45, 7) is 3.97. The number of fused-ring (bicyclic) bond motifs is 2. The summed E-state index contributed by atoms with van der Waals surface area (Å²) in [5.41, 5.74) is 1.07. The van der Waals surface area contributed by atoms with E-state index in [4.69, 9.17) is 14.2 Å². The maximum atomic E-state index is 13.1. The molecule has 0 N–H and O–H groups in total. The summed E-state index contributed by atoms with van der Waals surface area (Å²) in [7, 11) is -3.58. The predicted molar refractivity (Wildman–Crippen MR) is 115 cm³/mol. The first-order valence-corrected chi connectivity index (χ1v) is 12.2. The maximum absolute atomic E-state index is 13.1. The van der Waals surface area contributed by atoms with Crippen LogP contribution in [0.5, 0.6) is 17.2 Å². The Morgan fingerprint density at radius 2 is 1.87 bits per heavy atom. The third-order valence-electron chi connectivity index (χ3n) is 5.43. The summed E-state index contributed by atoms with van der Waals surface area (Å²) < 4.78 is 52.5. The van der Waals surface area contributed by atoms with Gasteiger partial charge in [0.05, 0.1) is 18.3 Å². The highest BCUT2D eigenvalue weighted by Gasteiger charge is 2.30. The van der Waals surface area contributed by atoms with E-state index in [-0.39, 0.29) is 11.7 Å². The van der Waals surface area contributed by atoms with Crippen molar-refractivity contribution in [2.75, 3.05) is 46.1 Å². The Kier molecular flexibility index (Phi) is 5.65. The summed E-state index contributed by atoms with van der Waals surface area (Å²) >= 11 is 1.03. The lowest BCUT2D eigenvalue weighted by molar-refractivity contribution is 0.172. The van der Waals surface area contributed by atoms with Crippen molar-refractivity contribution in [1.82, 2.24) is 18.0 Å². The molecule has 0 radical (unpaired) electrons. The van der Waals surface area contributed by atoms with Crippen LogP contribution in [0.4, 0.5) is 0 Å². The van der Waals surface area contributed by atoms with Crippen molar-refractivity contribution in [1.29, 1.82) is 0 Å². The molecule has 1 fully saturated rings. The number of benzene rings is 2. The van der Waals surface area contributed by atoms with Crippen LogP contribution >= 0.6 is 11.7 Å². The molecule has 0 saturated carbocycles. The van der Waals surface area contributed by atoms with Crippen LogP contribution in [-0.4, -0.2) is 72.5 Å². The van der Waals surface area contributed by atoms with Crippen LogP contribution in [0.25, 0.3) is 11.0 Å². The molecule has 3 aromatic rings. The molecule has 2 aliphatic rings. The topological polar surface area (TPSA) is 94.1 Å². The first-order valence-electron chi connectivity index (χ1n) is 10.1. The van der Waals surface area contributed by atoms with Gasteiger partial charge in [-0.05, 0) is 30.7 Å². The highest BCUT2D eigenvalue weighted by atomic mass is 32.2. The second-order valence-corrected chi connectivity index (χ2v) is 9.79. The molecule has 31 heavy (non-hydrogen) atoms. The van der Waals surface area contributed by atoms with Crippen molar-refractivity contribution in [3.63, 3.8) is 0 Å². The monoisotopic (exact) mass is 462 g/mol. The number of nitrogens with zero attached hydrogens (tertiary/aromatic N) is 4. The Morgan fingerprint density at radius 1 is 1.03 bits per heavy atom. The van der Waals surface area contributed by atoms with Crippen LogP contribution in [0.3, 0.4) is 0 Å². The Morgan fingerprint density at radius 3 is 2.74 bits per heavy atom. The zero-order chi connectivity index (χ0) is 21.3. The Labute approximate surface area is 184 Å². The average Bonchev–Trinajstić information content (AvgIpc) is 3.45. The smallest absolute Gasteiger partial charge is 0.245 e. The van der Waals surface area contributed by atoms with Gasteiger partial charge in [-0.1, -0.05) is 6.07 Å². The van der Waals surface area contributed by atoms with Gasteiger partial charge in [-0.2, -0.15) is 13.1 Å². The Hall–Kier alpha value is -2.47. The predicted octanol–water partition coefficient (Wildman–Crippen LogP) is 2.20. The minimum absolute atomic E-state index is 0.240. The molecular weight excluding hydrogens is 440 g/mol. The third kappa shape index (κ3) is 4.18. The summed E-state index contributed by atoms with van der Waals surface area (Å²) in [5.74, 6) is 2.20. The van der Waals surface area contributed by atoms with Gasteiger partial charge in [-0.3, -0.25) is 0 Å². The zero-order valence-electron chi connectivity index (χ0n) is 16.8. The lowest BCUT2D eigenvalue weighted by Gasteiger charge is -2.33. The molecule has 0 amide bonds. The number of piperazine rings is 1. The first kappa shape index (κ1) is 20.4.